The molecule has 0 spiro atoms. The van der Waals surface area contributed by atoms with Crippen LogP contribution in [0.15, 0.2) is 42.5 Å². The average molecular weight is 230 g/mol. The van der Waals surface area contributed by atoms with Crippen molar-refractivity contribution in [2.24, 2.45) is 11.5 Å². The van der Waals surface area contributed by atoms with Crippen LogP contribution in [0.4, 0.5) is 0 Å². The van der Waals surface area contributed by atoms with E-state index in [1.54, 1.807) is 0 Å². The van der Waals surface area contributed by atoms with E-state index in [9.17, 15) is 0 Å². The Kier molecular flexibility index (Phi) is 3.31. The van der Waals surface area contributed by atoms with Crippen LogP contribution in [0.2, 0.25) is 0 Å². The molecule has 0 amide bonds. The maximum Gasteiger partial charge on any atom is 0.127 e. The molecule has 0 heterocycles. The second-order valence-corrected chi connectivity index (χ2v) is 4.24. The van der Waals surface area contributed by atoms with Gasteiger partial charge in [-0.25, -0.2) is 0 Å². The van der Waals surface area contributed by atoms with Crippen LogP contribution in [0.25, 0.3) is 5.57 Å². The third-order valence-corrected chi connectivity index (χ3v) is 2.75. The SMILES string of the molecule is CCOc1ccccc1C1=CCC(N)(N)C=C1. The summed E-state index contributed by atoms with van der Waals surface area (Å²) in [6, 6.07) is 7.98. The van der Waals surface area contributed by atoms with Gasteiger partial charge in [-0.05, 0) is 24.6 Å². The minimum atomic E-state index is -0.718. The first-order valence-electron chi connectivity index (χ1n) is 5.82. The molecule has 1 aliphatic carbocycles. The number of nitrogens with two attached hydrogens (primary N) is 2. The van der Waals surface area contributed by atoms with Crippen LogP contribution in [0.1, 0.15) is 18.9 Å². The Morgan fingerprint density at radius 3 is 2.71 bits per heavy atom. The van der Waals surface area contributed by atoms with Gasteiger partial charge in [-0.1, -0.05) is 30.4 Å². The summed E-state index contributed by atoms with van der Waals surface area (Å²) in [6.45, 7) is 2.64. The van der Waals surface area contributed by atoms with Gasteiger partial charge in [0.1, 0.15) is 5.75 Å². The minimum Gasteiger partial charge on any atom is -0.493 e. The first-order chi connectivity index (χ1) is 8.12. The lowest BCUT2D eigenvalue weighted by Gasteiger charge is -2.23. The van der Waals surface area contributed by atoms with Gasteiger partial charge >= 0.3 is 0 Å². The lowest BCUT2D eigenvalue weighted by Crippen LogP contribution is -2.47. The summed E-state index contributed by atoms with van der Waals surface area (Å²) in [5.74, 6) is 0.896. The predicted molar refractivity (Wildman–Crippen MR) is 70.5 cm³/mol. The second-order valence-electron chi connectivity index (χ2n) is 4.24. The van der Waals surface area contributed by atoms with Gasteiger partial charge in [0.15, 0.2) is 0 Å². The average Bonchev–Trinajstić information content (AvgIpc) is 2.31. The highest BCUT2D eigenvalue weighted by Crippen LogP contribution is 2.30. The van der Waals surface area contributed by atoms with Gasteiger partial charge in [-0.15, -0.1) is 0 Å². The highest BCUT2D eigenvalue weighted by Gasteiger charge is 2.18. The third kappa shape index (κ3) is 2.75. The van der Waals surface area contributed by atoms with Gasteiger partial charge in [0.05, 0.1) is 12.3 Å². The molecule has 1 aliphatic rings. The smallest absolute Gasteiger partial charge is 0.127 e. The summed E-state index contributed by atoms with van der Waals surface area (Å²) in [7, 11) is 0. The fourth-order valence-corrected chi connectivity index (χ4v) is 1.85. The molecule has 0 aromatic heterocycles. The summed E-state index contributed by atoms with van der Waals surface area (Å²) >= 11 is 0. The van der Waals surface area contributed by atoms with Gasteiger partial charge in [0, 0.05) is 12.0 Å². The molecule has 0 radical (unpaired) electrons. The summed E-state index contributed by atoms with van der Waals surface area (Å²) in [6.07, 6.45) is 6.49. The van der Waals surface area contributed by atoms with Crippen molar-refractivity contribution in [3.63, 3.8) is 0 Å². The van der Waals surface area contributed by atoms with Crippen molar-refractivity contribution in [1.29, 1.82) is 0 Å². The normalized spacial score (nSPS) is 17.7. The molecule has 0 aliphatic heterocycles. The molecule has 17 heavy (non-hydrogen) atoms. The molecule has 3 heteroatoms. The van der Waals surface area contributed by atoms with E-state index in [1.165, 1.54) is 0 Å². The molecule has 0 saturated carbocycles. The number of ether oxygens (including phenoxy) is 1. The number of rotatable bonds is 3. The molecule has 0 fully saturated rings. The van der Waals surface area contributed by atoms with E-state index in [0.29, 0.717) is 13.0 Å². The van der Waals surface area contributed by atoms with Crippen LogP contribution in [0.5, 0.6) is 5.75 Å². The van der Waals surface area contributed by atoms with E-state index in [2.05, 4.69) is 6.08 Å². The van der Waals surface area contributed by atoms with E-state index in [1.807, 2.05) is 43.3 Å². The fraction of sp³-hybridized carbons (Fsp3) is 0.286. The van der Waals surface area contributed by atoms with E-state index in [4.69, 9.17) is 16.2 Å². The van der Waals surface area contributed by atoms with Crippen molar-refractivity contribution < 1.29 is 4.74 Å². The Morgan fingerprint density at radius 1 is 1.29 bits per heavy atom. The highest BCUT2D eigenvalue weighted by molar-refractivity contribution is 5.79. The van der Waals surface area contributed by atoms with Crippen LogP contribution >= 0.6 is 0 Å². The molecular formula is C14H18N2O. The van der Waals surface area contributed by atoms with Gasteiger partial charge in [0.25, 0.3) is 0 Å². The lowest BCUT2D eigenvalue weighted by molar-refractivity contribution is 0.339. The fourth-order valence-electron chi connectivity index (χ4n) is 1.85. The molecule has 1 aromatic rings. The van der Waals surface area contributed by atoms with Crippen LogP contribution in [-0.2, 0) is 0 Å². The maximum absolute atomic E-state index is 5.83. The van der Waals surface area contributed by atoms with E-state index in [0.717, 1.165) is 16.9 Å². The third-order valence-electron chi connectivity index (χ3n) is 2.75. The number of hydrogen-bond acceptors (Lipinski definition) is 3. The Bertz CT molecular complexity index is 461. The zero-order valence-corrected chi connectivity index (χ0v) is 10.0. The maximum atomic E-state index is 5.83. The summed E-state index contributed by atoms with van der Waals surface area (Å²) in [5.41, 5.74) is 13.1. The van der Waals surface area contributed by atoms with Crippen LogP contribution in [0.3, 0.4) is 0 Å². The largest absolute Gasteiger partial charge is 0.493 e. The standard InChI is InChI=1S/C14H18N2O/c1-2-17-13-6-4-3-5-12(13)11-7-9-14(15,16)10-8-11/h3-9H,2,10,15-16H2,1H3. The molecule has 1 aromatic carbocycles. The van der Waals surface area contributed by atoms with E-state index in [-0.39, 0.29) is 0 Å². The van der Waals surface area contributed by atoms with Crippen molar-refractivity contribution in [3.05, 3.63) is 48.1 Å². The Labute approximate surface area is 102 Å². The molecule has 0 unspecified atom stereocenters. The highest BCUT2D eigenvalue weighted by atomic mass is 16.5. The first kappa shape index (κ1) is 11.9. The molecule has 90 valence electrons. The molecule has 0 saturated heterocycles. The Morgan fingerprint density at radius 2 is 2.06 bits per heavy atom. The second kappa shape index (κ2) is 4.73. The van der Waals surface area contributed by atoms with Crippen LogP contribution in [-0.4, -0.2) is 12.3 Å². The van der Waals surface area contributed by atoms with Crippen molar-refractivity contribution in [2.75, 3.05) is 6.61 Å². The summed E-state index contributed by atoms with van der Waals surface area (Å²) < 4.78 is 5.60. The lowest BCUT2D eigenvalue weighted by atomic mass is 9.94. The zero-order chi connectivity index (χ0) is 12.3. The number of hydrogen-bond donors (Lipinski definition) is 2. The number of allylic oxidation sites excluding steroid dienone is 2. The molecular weight excluding hydrogens is 212 g/mol. The van der Waals surface area contributed by atoms with E-state index < -0.39 is 5.66 Å². The predicted octanol–water partition coefficient (Wildman–Crippen LogP) is 2.04. The first-order valence-corrected chi connectivity index (χ1v) is 5.82. The summed E-state index contributed by atoms with van der Waals surface area (Å²) in [4.78, 5) is 0. The minimum absolute atomic E-state index is 0.638. The zero-order valence-electron chi connectivity index (χ0n) is 10.0. The molecule has 3 nitrogen and oxygen atoms in total. The number of para-hydroxylation sites is 1. The molecule has 4 N–H and O–H groups in total. The topological polar surface area (TPSA) is 61.3 Å². The molecule has 0 atom stereocenters. The Balaban J connectivity index is 2.30. The van der Waals surface area contributed by atoms with Crippen molar-refractivity contribution in [2.45, 2.75) is 19.0 Å². The summed E-state index contributed by atoms with van der Waals surface area (Å²) in [5, 5.41) is 0. The van der Waals surface area contributed by atoms with E-state index >= 15 is 0 Å². The van der Waals surface area contributed by atoms with Gasteiger partial charge in [-0.2, -0.15) is 0 Å². The molecule has 2 rings (SSSR count). The van der Waals surface area contributed by atoms with Gasteiger partial charge in [-0.3, -0.25) is 0 Å². The van der Waals surface area contributed by atoms with Gasteiger partial charge < -0.3 is 16.2 Å². The quantitative estimate of drug-likeness (QED) is 0.781. The van der Waals surface area contributed by atoms with Crippen molar-refractivity contribution in [1.82, 2.24) is 0 Å². The number of benzene rings is 1. The monoisotopic (exact) mass is 230 g/mol. The van der Waals surface area contributed by atoms with Crippen molar-refractivity contribution >= 4 is 5.57 Å². The van der Waals surface area contributed by atoms with Crippen LogP contribution in [0, 0.1) is 0 Å². The molecule has 0 bridgehead atoms. The van der Waals surface area contributed by atoms with Gasteiger partial charge in [0.2, 0.25) is 0 Å². The van der Waals surface area contributed by atoms with Crippen molar-refractivity contribution in [3.8, 4) is 5.75 Å². The van der Waals surface area contributed by atoms with Crippen LogP contribution < -0.4 is 16.2 Å². The Hall–Kier alpha value is -1.58.